The summed E-state index contributed by atoms with van der Waals surface area (Å²) in [6.07, 6.45) is 2.04. The number of hydrogen-bond donors (Lipinski definition) is 2. The minimum absolute atomic E-state index is 0.0124. The fraction of sp³-hybridized carbons (Fsp3) is 0.545. The molecule has 0 aliphatic rings. The van der Waals surface area contributed by atoms with Gasteiger partial charge in [0, 0.05) is 4.88 Å². The highest BCUT2D eigenvalue weighted by atomic mass is 32.1. The highest BCUT2D eigenvalue weighted by molar-refractivity contribution is 7.11. The molecule has 2 aromatic heterocycles. The number of thiazole rings is 1. The molecule has 0 aromatic carbocycles. The maximum atomic E-state index is 11.8. The smallest absolute Gasteiger partial charge is 0.242 e. The van der Waals surface area contributed by atoms with Crippen molar-refractivity contribution < 1.29 is 4.79 Å². The minimum Gasteiger partial charge on any atom is -0.367 e. The van der Waals surface area contributed by atoms with E-state index in [1.807, 2.05) is 6.92 Å². The molecule has 20 heavy (non-hydrogen) atoms. The van der Waals surface area contributed by atoms with Crippen molar-refractivity contribution in [3.63, 3.8) is 0 Å². The van der Waals surface area contributed by atoms with Crippen LogP contribution in [0.1, 0.15) is 28.9 Å². The average molecular weight is 295 g/mol. The van der Waals surface area contributed by atoms with Crippen molar-refractivity contribution in [2.45, 2.75) is 39.8 Å². The van der Waals surface area contributed by atoms with Crippen molar-refractivity contribution >= 4 is 23.2 Å². The van der Waals surface area contributed by atoms with Gasteiger partial charge in [-0.3, -0.25) is 4.79 Å². The predicted molar refractivity (Wildman–Crippen MR) is 74.9 cm³/mol. The lowest BCUT2D eigenvalue weighted by atomic mass is 10.3. The number of amides is 1. The van der Waals surface area contributed by atoms with Crippen LogP contribution >= 0.6 is 11.3 Å². The molecule has 0 radical (unpaired) electrons. The van der Waals surface area contributed by atoms with E-state index in [2.05, 4.69) is 32.7 Å². The third-order valence-electron chi connectivity index (χ3n) is 2.70. The highest BCUT2D eigenvalue weighted by Crippen LogP contribution is 2.19. The average Bonchev–Trinajstić information content (AvgIpc) is 2.95. The Morgan fingerprint density at radius 1 is 1.50 bits per heavy atom. The zero-order valence-corrected chi connectivity index (χ0v) is 12.3. The van der Waals surface area contributed by atoms with Gasteiger partial charge in [-0.2, -0.15) is 0 Å². The molecule has 2 heterocycles. The third kappa shape index (κ3) is 3.50. The third-order valence-corrected chi connectivity index (χ3v) is 3.92. The Morgan fingerprint density at radius 2 is 2.30 bits per heavy atom. The van der Waals surface area contributed by atoms with Gasteiger partial charge in [-0.1, -0.05) is 12.0 Å². The van der Waals surface area contributed by atoms with Crippen molar-refractivity contribution in [2.24, 2.45) is 0 Å². The number of hydrogen-bond acceptors (Lipinski definition) is 7. The Labute approximate surface area is 120 Å². The number of rotatable bonds is 6. The number of aromatic nitrogens is 5. The fourth-order valence-corrected chi connectivity index (χ4v) is 2.78. The van der Waals surface area contributed by atoms with Crippen molar-refractivity contribution in [3.05, 3.63) is 15.6 Å². The Hall–Kier alpha value is -2.03. The van der Waals surface area contributed by atoms with Gasteiger partial charge >= 0.3 is 0 Å². The van der Waals surface area contributed by atoms with E-state index in [1.54, 1.807) is 11.3 Å². The highest BCUT2D eigenvalue weighted by Gasteiger charge is 2.10. The number of aryl methyl sites for hydroxylation is 2. The van der Waals surface area contributed by atoms with Gasteiger partial charge in [-0.25, -0.2) is 9.67 Å². The summed E-state index contributed by atoms with van der Waals surface area (Å²) in [5, 5.41) is 14.4. The van der Waals surface area contributed by atoms with Gasteiger partial charge < -0.3 is 11.1 Å². The van der Waals surface area contributed by atoms with Gasteiger partial charge in [0.2, 0.25) is 11.9 Å². The predicted octanol–water partition coefficient (Wildman–Crippen LogP) is 0.289. The molecule has 0 bridgehead atoms. The molecule has 9 heteroatoms. The summed E-state index contributed by atoms with van der Waals surface area (Å²) in [5.74, 6) is -0.0619. The molecular formula is C11H17N7OS. The van der Waals surface area contributed by atoms with Crippen LogP contribution in [0.2, 0.25) is 0 Å². The molecule has 108 valence electrons. The maximum absolute atomic E-state index is 11.8. The number of carbonyl (C=O) groups is 1. The SMILES string of the molecule is CCCc1nc(C)c(CNC(=O)Cn2nnnc2N)s1. The number of nitrogens with two attached hydrogens (primary N) is 1. The summed E-state index contributed by atoms with van der Waals surface area (Å²) in [5.41, 5.74) is 6.47. The van der Waals surface area contributed by atoms with Gasteiger partial charge in [0.15, 0.2) is 0 Å². The lowest BCUT2D eigenvalue weighted by molar-refractivity contribution is -0.122. The van der Waals surface area contributed by atoms with Crippen LogP contribution in [0.25, 0.3) is 0 Å². The first-order valence-corrected chi connectivity index (χ1v) is 7.15. The van der Waals surface area contributed by atoms with E-state index in [-0.39, 0.29) is 18.4 Å². The van der Waals surface area contributed by atoms with Crippen LogP contribution < -0.4 is 11.1 Å². The topological polar surface area (TPSA) is 112 Å². The lowest BCUT2D eigenvalue weighted by Crippen LogP contribution is -2.28. The molecular weight excluding hydrogens is 278 g/mol. The van der Waals surface area contributed by atoms with Gasteiger partial charge in [0.1, 0.15) is 6.54 Å². The number of carbonyl (C=O) groups excluding carboxylic acids is 1. The van der Waals surface area contributed by atoms with E-state index in [0.717, 1.165) is 28.4 Å². The molecule has 0 aliphatic carbocycles. The van der Waals surface area contributed by atoms with Crippen molar-refractivity contribution in [2.75, 3.05) is 5.73 Å². The summed E-state index contributed by atoms with van der Waals surface area (Å²) < 4.78 is 1.25. The quantitative estimate of drug-likeness (QED) is 0.792. The molecule has 0 fully saturated rings. The summed E-state index contributed by atoms with van der Waals surface area (Å²) in [4.78, 5) is 17.3. The van der Waals surface area contributed by atoms with Gasteiger partial charge in [-0.05, 0) is 30.2 Å². The van der Waals surface area contributed by atoms with Gasteiger partial charge in [0.05, 0.1) is 17.2 Å². The molecule has 0 saturated heterocycles. The molecule has 0 spiro atoms. The molecule has 0 unspecified atom stereocenters. The second-order valence-corrected chi connectivity index (χ2v) is 5.51. The Kier molecular flexibility index (Phi) is 4.61. The summed E-state index contributed by atoms with van der Waals surface area (Å²) in [7, 11) is 0. The molecule has 0 saturated carbocycles. The van der Waals surface area contributed by atoms with E-state index in [1.165, 1.54) is 4.68 Å². The van der Waals surface area contributed by atoms with Gasteiger partial charge in [-0.15, -0.1) is 11.3 Å². The van der Waals surface area contributed by atoms with Crippen LogP contribution in [-0.4, -0.2) is 31.1 Å². The lowest BCUT2D eigenvalue weighted by Gasteiger charge is -2.04. The molecule has 0 atom stereocenters. The van der Waals surface area contributed by atoms with E-state index in [4.69, 9.17) is 5.73 Å². The summed E-state index contributed by atoms with van der Waals surface area (Å²) in [6.45, 7) is 4.55. The zero-order chi connectivity index (χ0) is 14.5. The Balaban J connectivity index is 1.88. The normalized spacial score (nSPS) is 10.7. The molecule has 3 N–H and O–H groups in total. The first-order valence-electron chi connectivity index (χ1n) is 6.33. The molecule has 2 rings (SSSR count). The number of anilines is 1. The van der Waals surface area contributed by atoms with Crippen LogP contribution in [0.3, 0.4) is 0 Å². The zero-order valence-electron chi connectivity index (χ0n) is 11.5. The van der Waals surface area contributed by atoms with E-state index >= 15 is 0 Å². The van der Waals surface area contributed by atoms with Crippen LogP contribution in [0.4, 0.5) is 5.95 Å². The number of tetrazole rings is 1. The van der Waals surface area contributed by atoms with E-state index in [0.29, 0.717) is 6.54 Å². The van der Waals surface area contributed by atoms with Crippen LogP contribution in [0.15, 0.2) is 0 Å². The fourth-order valence-electron chi connectivity index (χ4n) is 1.67. The maximum Gasteiger partial charge on any atom is 0.242 e. The number of nitrogen functional groups attached to an aromatic ring is 1. The Morgan fingerprint density at radius 3 is 2.95 bits per heavy atom. The van der Waals surface area contributed by atoms with Crippen LogP contribution in [-0.2, 0) is 24.3 Å². The Bertz CT molecular complexity index is 591. The van der Waals surface area contributed by atoms with Crippen molar-refractivity contribution in [3.8, 4) is 0 Å². The molecule has 2 aromatic rings. The second kappa shape index (κ2) is 6.42. The molecule has 1 amide bonds. The first-order chi connectivity index (χ1) is 9.60. The first kappa shape index (κ1) is 14.4. The van der Waals surface area contributed by atoms with Crippen LogP contribution in [0, 0.1) is 6.92 Å². The van der Waals surface area contributed by atoms with Gasteiger partial charge in [0.25, 0.3) is 0 Å². The minimum atomic E-state index is -0.186. The van der Waals surface area contributed by atoms with Crippen LogP contribution in [0.5, 0.6) is 0 Å². The second-order valence-electron chi connectivity index (χ2n) is 4.34. The van der Waals surface area contributed by atoms with Crippen molar-refractivity contribution in [1.82, 2.24) is 30.5 Å². The van der Waals surface area contributed by atoms with E-state index in [9.17, 15) is 4.79 Å². The largest absolute Gasteiger partial charge is 0.367 e. The summed E-state index contributed by atoms with van der Waals surface area (Å²) >= 11 is 1.64. The standard InChI is InChI=1S/C11H17N7OS/c1-3-4-10-14-7(2)8(20-10)5-13-9(19)6-18-11(12)15-16-17-18/h3-6H2,1-2H3,(H,13,19)(H2,12,15,17). The summed E-state index contributed by atoms with van der Waals surface area (Å²) in [6, 6.07) is 0. The number of nitrogens with zero attached hydrogens (tertiary/aromatic N) is 5. The van der Waals surface area contributed by atoms with E-state index < -0.39 is 0 Å². The number of nitrogens with one attached hydrogen (secondary N) is 1. The van der Waals surface area contributed by atoms with Crippen molar-refractivity contribution in [1.29, 1.82) is 0 Å². The molecule has 0 aliphatic heterocycles. The monoisotopic (exact) mass is 295 g/mol. The molecule has 8 nitrogen and oxygen atoms in total.